The lowest BCUT2D eigenvalue weighted by atomic mass is 9.93. The number of aryl methyl sites for hydroxylation is 1. The van der Waals surface area contributed by atoms with E-state index >= 15 is 0 Å². The van der Waals surface area contributed by atoms with Crippen LogP contribution in [0.3, 0.4) is 0 Å². The maximum Gasteiger partial charge on any atom is 0.206 e. The van der Waals surface area contributed by atoms with Crippen molar-refractivity contribution in [2.45, 2.75) is 105 Å². The van der Waals surface area contributed by atoms with E-state index in [1.165, 1.54) is 19.0 Å². The summed E-state index contributed by atoms with van der Waals surface area (Å²) < 4.78 is 7.40. The lowest BCUT2D eigenvalue weighted by Gasteiger charge is -2.27. The second kappa shape index (κ2) is 19.4. The van der Waals surface area contributed by atoms with Crippen molar-refractivity contribution in [2.75, 3.05) is 7.11 Å². The van der Waals surface area contributed by atoms with Gasteiger partial charge in [-0.05, 0) is 52.0 Å². The van der Waals surface area contributed by atoms with Gasteiger partial charge in [-0.15, -0.1) is 18.7 Å². The summed E-state index contributed by atoms with van der Waals surface area (Å²) >= 11 is 0. The quantitative estimate of drug-likeness (QED) is 0.112. The predicted molar refractivity (Wildman–Crippen MR) is 163 cm³/mol. The summed E-state index contributed by atoms with van der Waals surface area (Å²) in [5.74, 6) is -0.448. The van der Waals surface area contributed by atoms with Gasteiger partial charge in [0, 0.05) is 26.0 Å². The molecular weight excluding hydrogens is 492 g/mol. The number of methoxy groups -OCH3 is 1. The number of aliphatic hydroxyl groups is 2. The van der Waals surface area contributed by atoms with E-state index in [-0.39, 0.29) is 5.92 Å². The van der Waals surface area contributed by atoms with Crippen LogP contribution in [0, 0.1) is 5.92 Å². The van der Waals surface area contributed by atoms with Crippen LogP contribution in [0.2, 0.25) is 0 Å². The molecule has 0 radical (unpaired) electrons. The minimum absolute atomic E-state index is 0.255. The molecule has 1 aromatic rings. The minimum Gasteiger partial charge on any atom is -0.384 e. The molecule has 2 rings (SSSR count). The van der Waals surface area contributed by atoms with Gasteiger partial charge in [0.15, 0.2) is 0 Å². The molecule has 1 aliphatic heterocycles. The van der Waals surface area contributed by atoms with E-state index < -0.39 is 11.4 Å². The monoisotopic (exact) mass is 546 g/mol. The number of hydrazine groups is 2. The Hall–Kier alpha value is -2.72. The zero-order chi connectivity index (χ0) is 29.9. The second-order valence-corrected chi connectivity index (χ2v) is 9.56. The lowest BCUT2D eigenvalue weighted by molar-refractivity contribution is -0.185. The fourth-order valence-electron chi connectivity index (χ4n) is 3.93. The Bertz CT molecular complexity index is 920. The molecule has 5 N–H and O–H groups in total. The van der Waals surface area contributed by atoms with Crippen molar-refractivity contribution in [1.29, 1.82) is 0 Å². The second-order valence-electron chi connectivity index (χ2n) is 9.56. The number of hydrazone groups is 1. The number of allylic oxidation sites excluding steroid dienone is 6. The maximum absolute atomic E-state index is 11.0. The van der Waals surface area contributed by atoms with Crippen LogP contribution >= 0.6 is 0 Å². The molecule has 0 saturated heterocycles. The van der Waals surface area contributed by atoms with Gasteiger partial charge in [-0.2, -0.15) is 5.10 Å². The van der Waals surface area contributed by atoms with E-state index in [1.807, 2.05) is 30.6 Å². The molecule has 39 heavy (non-hydrogen) atoms. The van der Waals surface area contributed by atoms with Gasteiger partial charge in [-0.25, -0.2) is 10.5 Å². The Morgan fingerprint density at radius 3 is 2.28 bits per heavy atom. The van der Waals surface area contributed by atoms with Crippen LogP contribution < -0.4 is 16.5 Å². The summed E-state index contributed by atoms with van der Waals surface area (Å²) in [6.45, 7) is 21.7. The first-order chi connectivity index (χ1) is 18.6. The van der Waals surface area contributed by atoms with Gasteiger partial charge in [-0.1, -0.05) is 64.5 Å². The molecule has 1 aliphatic rings. The van der Waals surface area contributed by atoms with Gasteiger partial charge in [0.1, 0.15) is 23.5 Å². The molecule has 2 unspecified atom stereocenters. The molecule has 0 aromatic carbocycles. The molecule has 0 spiro atoms. The highest BCUT2D eigenvalue weighted by Crippen LogP contribution is 2.33. The Morgan fingerprint density at radius 1 is 1.15 bits per heavy atom. The number of rotatable bonds is 15. The average molecular weight is 547 g/mol. The van der Waals surface area contributed by atoms with E-state index in [2.05, 4.69) is 66.8 Å². The molecule has 9 nitrogen and oxygen atoms in total. The van der Waals surface area contributed by atoms with E-state index in [0.717, 1.165) is 44.3 Å². The lowest BCUT2D eigenvalue weighted by Crippen LogP contribution is -2.32. The third-order valence-corrected chi connectivity index (χ3v) is 5.89. The molecule has 2 heterocycles. The molecule has 0 saturated carbocycles. The summed E-state index contributed by atoms with van der Waals surface area (Å²) in [5.41, 5.74) is 8.53. The Morgan fingerprint density at radius 2 is 1.85 bits per heavy atom. The molecule has 0 fully saturated rings. The van der Waals surface area contributed by atoms with Crippen LogP contribution in [0.25, 0.3) is 0 Å². The smallest absolute Gasteiger partial charge is 0.206 e. The van der Waals surface area contributed by atoms with Crippen molar-refractivity contribution < 1.29 is 14.9 Å². The first-order valence-corrected chi connectivity index (χ1v) is 14.0. The van der Waals surface area contributed by atoms with Crippen molar-refractivity contribution in [2.24, 2.45) is 11.0 Å². The van der Waals surface area contributed by atoms with Crippen LogP contribution in [-0.4, -0.2) is 33.2 Å². The molecule has 0 aliphatic carbocycles. The molecule has 1 aromatic heterocycles. The molecule has 9 heteroatoms. The van der Waals surface area contributed by atoms with E-state index in [1.54, 1.807) is 20.8 Å². The SMILES string of the molecule is C1=NNNN1.C=CCC(C=C)C(/C=C\CCn1c(CCC)nc(C(C)(C)O)c1C(C)(O)OC)=C/CCC.CC. The average Bonchev–Trinajstić information content (AvgIpc) is 3.61. The van der Waals surface area contributed by atoms with Crippen molar-refractivity contribution in [3.63, 3.8) is 0 Å². The van der Waals surface area contributed by atoms with Gasteiger partial charge in [0.05, 0.1) is 5.69 Å². The fraction of sp³-hybridized carbons (Fsp3) is 0.600. The number of aromatic nitrogens is 2. The number of nitrogens with zero attached hydrogens (tertiary/aromatic N) is 3. The third-order valence-electron chi connectivity index (χ3n) is 5.89. The number of ether oxygens (including phenoxy) is 1. The third kappa shape index (κ3) is 12.3. The van der Waals surface area contributed by atoms with Gasteiger partial charge in [-0.3, -0.25) is 5.43 Å². The van der Waals surface area contributed by atoms with Crippen molar-refractivity contribution in [3.05, 3.63) is 66.3 Å². The molecular formula is C30H54N6O3. The highest BCUT2D eigenvalue weighted by atomic mass is 16.6. The van der Waals surface area contributed by atoms with Crippen molar-refractivity contribution in [3.8, 4) is 0 Å². The van der Waals surface area contributed by atoms with Gasteiger partial charge in [0.2, 0.25) is 5.79 Å². The van der Waals surface area contributed by atoms with Crippen LogP contribution in [0.4, 0.5) is 0 Å². The summed E-state index contributed by atoms with van der Waals surface area (Å²) in [4.78, 5) is 4.72. The summed E-state index contributed by atoms with van der Waals surface area (Å²) in [7, 11) is 1.46. The molecule has 0 bridgehead atoms. The Kier molecular flexibility index (Phi) is 18.0. The van der Waals surface area contributed by atoms with Crippen LogP contribution in [-0.2, 0) is 29.1 Å². The zero-order valence-corrected chi connectivity index (χ0v) is 25.5. The molecule has 0 amide bonds. The summed E-state index contributed by atoms with van der Waals surface area (Å²) in [6, 6.07) is 0. The summed E-state index contributed by atoms with van der Waals surface area (Å²) in [5, 5.41) is 25.2. The molecule has 2 atom stereocenters. The van der Waals surface area contributed by atoms with Crippen molar-refractivity contribution >= 4 is 6.34 Å². The number of unbranched alkanes of at least 4 members (excludes halogenated alkanes) is 1. The maximum atomic E-state index is 11.0. The predicted octanol–water partition coefficient (Wildman–Crippen LogP) is 5.49. The first kappa shape index (κ1) is 36.3. The van der Waals surface area contributed by atoms with Gasteiger partial charge in [0.25, 0.3) is 0 Å². The normalized spacial score (nSPS) is 15.3. The molecule has 222 valence electrons. The van der Waals surface area contributed by atoms with Gasteiger partial charge < -0.3 is 19.5 Å². The highest BCUT2D eigenvalue weighted by Gasteiger charge is 2.37. The largest absolute Gasteiger partial charge is 0.384 e. The minimum atomic E-state index is -1.55. The number of hydrogen-bond acceptors (Lipinski definition) is 8. The van der Waals surface area contributed by atoms with Gasteiger partial charge >= 0.3 is 0 Å². The first-order valence-electron chi connectivity index (χ1n) is 14.0. The van der Waals surface area contributed by atoms with E-state index in [4.69, 9.17) is 9.72 Å². The fourth-order valence-corrected chi connectivity index (χ4v) is 3.93. The highest BCUT2D eigenvalue weighted by molar-refractivity contribution is 5.53. The van der Waals surface area contributed by atoms with Crippen LogP contribution in [0.5, 0.6) is 0 Å². The topological polar surface area (TPSA) is 116 Å². The van der Waals surface area contributed by atoms with Crippen LogP contribution in [0.1, 0.15) is 97.8 Å². The number of imidazole rings is 1. The van der Waals surface area contributed by atoms with E-state index in [9.17, 15) is 10.2 Å². The standard InChI is InChI=1S/C27H44N2O3.C2H6.CH4N4/c1-9-13-18-22(21(12-4)16-10-2)19-14-15-20-29-23(17-11-3)28-24(26(5,6)30)25(29)27(7,31)32-8;1-2;1-2-4-5-3-1/h10,12,14,18-19,21,30-31H,2,4,9,11,13,15-17,20H2,1,3,5-8H3;1-2H3;1,4-5H,(H,2,3)/b19-14-,22-18+;;. The number of nitrogens with one attached hydrogen (secondary N) is 3. The number of hydrogen-bond donors (Lipinski definition) is 5. The van der Waals surface area contributed by atoms with E-state index in [0.29, 0.717) is 17.9 Å². The summed E-state index contributed by atoms with van der Waals surface area (Å²) in [6.07, 6.45) is 17.4. The Balaban J connectivity index is 0.00000180. The van der Waals surface area contributed by atoms with Crippen LogP contribution in [0.15, 0.2) is 54.2 Å². The van der Waals surface area contributed by atoms with Crippen molar-refractivity contribution in [1.82, 2.24) is 26.0 Å². The zero-order valence-electron chi connectivity index (χ0n) is 25.5. The Labute approximate surface area is 236 Å².